The fourth-order valence-corrected chi connectivity index (χ4v) is 2.72. The highest BCUT2D eigenvalue weighted by atomic mass is 32.2. The van der Waals surface area contributed by atoms with Crippen LogP contribution in [0.25, 0.3) is 0 Å². The van der Waals surface area contributed by atoms with Crippen LogP contribution in [0.1, 0.15) is 0 Å². The number of carbonyl (C=O) groups excluding carboxylic acids is 2. The number of amides is 2. The van der Waals surface area contributed by atoms with E-state index in [1.54, 1.807) is 4.72 Å². The molecule has 1 atom stereocenters. The van der Waals surface area contributed by atoms with Crippen LogP contribution in [0.3, 0.4) is 0 Å². The van der Waals surface area contributed by atoms with Gasteiger partial charge in [0.2, 0.25) is 10.0 Å². The summed E-state index contributed by atoms with van der Waals surface area (Å²) >= 11 is 0. The molecule has 0 radical (unpaired) electrons. The lowest BCUT2D eigenvalue weighted by molar-refractivity contribution is 0.256. The highest BCUT2D eigenvalue weighted by molar-refractivity contribution is 7.91. The minimum absolute atomic E-state index is 0.0305. The first-order valence-electron chi connectivity index (χ1n) is 5.60. The lowest BCUT2D eigenvalue weighted by Gasteiger charge is -2.15. The molecule has 1 heterocycles. The summed E-state index contributed by atoms with van der Waals surface area (Å²) in [5.74, 6) is 1.56. The number of nitrogens with one attached hydrogen (secondary N) is 2. The number of allylic oxidation sites excluding steroid dienone is 3. The fraction of sp³-hybridized carbons (Fsp3) is 0.0909. The molecule has 0 saturated carbocycles. The molecule has 2 rings (SSSR count). The van der Waals surface area contributed by atoms with E-state index in [1.165, 1.54) is 42.5 Å². The number of sulfonamides is 1. The van der Waals surface area contributed by atoms with Gasteiger partial charge in [-0.2, -0.15) is 0 Å². The topological polar surface area (TPSA) is 131 Å². The van der Waals surface area contributed by atoms with Crippen molar-refractivity contribution >= 4 is 27.8 Å². The Hall–Kier alpha value is -2.84. The first kappa shape index (κ1) is 14.6. The quantitative estimate of drug-likeness (QED) is 0.725. The van der Waals surface area contributed by atoms with Gasteiger partial charge in [-0.15, -0.1) is 10.2 Å². The Bertz CT molecular complexity index is 750. The highest BCUT2D eigenvalue weighted by Gasteiger charge is 2.29. The molecule has 1 aromatic rings. The van der Waals surface area contributed by atoms with E-state index in [1.807, 2.05) is 0 Å². The molecule has 0 aliphatic heterocycles. The van der Waals surface area contributed by atoms with Gasteiger partial charge in [0.25, 0.3) is 0 Å². The van der Waals surface area contributed by atoms with Crippen molar-refractivity contribution in [1.29, 1.82) is 0 Å². The molecule has 2 amide bonds. The standard InChI is InChI=1S/C11H9N5O4S/c17-7-8-3-1-2-4-9(8)21(19,20)15-11(18)13-10-5-6-12-16-14-10/h1-6,9H,(H2,12,13,14,15,18). The van der Waals surface area contributed by atoms with Gasteiger partial charge in [0.15, 0.2) is 5.82 Å². The molecule has 21 heavy (non-hydrogen) atoms. The molecule has 1 aromatic heterocycles. The zero-order valence-electron chi connectivity index (χ0n) is 10.4. The van der Waals surface area contributed by atoms with Crippen molar-refractivity contribution in [3.05, 3.63) is 42.1 Å². The molecular formula is C11H9N5O4S. The largest absolute Gasteiger partial charge is 0.334 e. The van der Waals surface area contributed by atoms with Crippen molar-refractivity contribution in [2.45, 2.75) is 5.25 Å². The lowest BCUT2D eigenvalue weighted by atomic mass is 10.1. The van der Waals surface area contributed by atoms with Crippen LogP contribution in [0.5, 0.6) is 0 Å². The van der Waals surface area contributed by atoms with Crippen molar-refractivity contribution < 1.29 is 18.0 Å². The van der Waals surface area contributed by atoms with E-state index in [-0.39, 0.29) is 11.4 Å². The molecule has 108 valence electrons. The summed E-state index contributed by atoms with van der Waals surface area (Å²) < 4.78 is 25.9. The normalized spacial score (nSPS) is 17.1. The maximum absolute atomic E-state index is 12.1. The number of hydrogen-bond donors (Lipinski definition) is 2. The first-order chi connectivity index (χ1) is 10.0. The van der Waals surface area contributed by atoms with Crippen molar-refractivity contribution in [2.24, 2.45) is 0 Å². The van der Waals surface area contributed by atoms with E-state index in [0.717, 1.165) is 0 Å². The van der Waals surface area contributed by atoms with Gasteiger partial charge >= 0.3 is 6.03 Å². The first-order valence-corrected chi connectivity index (χ1v) is 7.14. The van der Waals surface area contributed by atoms with Gasteiger partial charge in [0, 0.05) is 6.07 Å². The van der Waals surface area contributed by atoms with E-state index in [2.05, 4.69) is 20.7 Å². The van der Waals surface area contributed by atoms with Crippen molar-refractivity contribution in [3.8, 4) is 0 Å². The Morgan fingerprint density at radius 3 is 2.81 bits per heavy atom. The van der Waals surface area contributed by atoms with E-state index in [0.29, 0.717) is 0 Å². The Morgan fingerprint density at radius 1 is 1.33 bits per heavy atom. The molecule has 10 heteroatoms. The smallest absolute Gasteiger partial charge is 0.290 e. The van der Waals surface area contributed by atoms with E-state index in [4.69, 9.17) is 0 Å². The zero-order valence-corrected chi connectivity index (χ0v) is 11.2. The SMILES string of the molecule is O=C=C1C=CC=CC1S(=O)(=O)NC(=O)Nc1ccnnn1. The van der Waals surface area contributed by atoms with Gasteiger partial charge in [-0.25, -0.2) is 22.7 Å². The molecular weight excluding hydrogens is 298 g/mol. The van der Waals surface area contributed by atoms with Crippen molar-refractivity contribution in [3.63, 3.8) is 0 Å². The number of nitrogens with zero attached hydrogens (tertiary/aromatic N) is 3. The van der Waals surface area contributed by atoms with Crippen molar-refractivity contribution in [2.75, 3.05) is 5.32 Å². The van der Waals surface area contributed by atoms with Crippen LogP contribution < -0.4 is 10.0 Å². The summed E-state index contributed by atoms with van der Waals surface area (Å²) in [5.41, 5.74) is -0.0958. The molecule has 9 nitrogen and oxygen atoms in total. The van der Waals surface area contributed by atoms with E-state index >= 15 is 0 Å². The molecule has 1 aliphatic rings. The van der Waals surface area contributed by atoms with E-state index in [9.17, 15) is 18.0 Å². The molecule has 0 fully saturated rings. The van der Waals surface area contributed by atoms with Crippen LogP contribution in [0.4, 0.5) is 10.6 Å². The van der Waals surface area contributed by atoms with Crippen LogP contribution in [-0.2, 0) is 14.8 Å². The minimum atomic E-state index is -4.13. The van der Waals surface area contributed by atoms with Gasteiger partial charge in [-0.1, -0.05) is 18.2 Å². The average molecular weight is 307 g/mol. The van der Waals surface area contributed by atoms with Gasteiger partial charge < -0.3 is 0 Å². The van der Waals surface area contributed by atoms with E-state index < -0.39 is 21.3 Å². The number of rotatable bonds is 3. The minimum Gasteiger partial charge on any atom is -0.290 e. The lowest BCUT2D eigenvalue weighted by Crippen LogP contribution is -2.41. The van der Waals surface area contributed by atoms with Crippen molar-refractivity contribution in [1.82, 2.24) is 20.1 Å². The van der Waals surface area contributed by atoms with Gasteiger partial charge in [-0.05, 0) is 11.3 Å². The average Bonchev–Trinajstić information content (AvgIpc) is 2.47. The summed E-state index contributed by atoms with van der Waals surface area (Å²) in [6, 6.07) is 0.308. The third-order valence-corrected chi connectivity index (χ3v) is 3.96. The van der Waals surface area contributed by atoms with Crippen LogP contribution in [-0.4, -0.2) is 41.1 Å². The highest BCUT2D eigenvalue weighted by Crippen LogP contribution is 2.16. The molecule has 0 saturated heterocycles. The summed E-state index contributed by atoms with van der Waals surface area (Å²) in [5, 5.41) is 11.1. The Labute approximate surface area is 119 Å². The second-order valence-electron chi connectivity index (χ2n) is 3.83. The summed E-state index contributed by atoms with van der Waals surface area (Å²) in [6.45, 7) is 0. The number of aromatic nitrogens is 3. The van der Waals surface area contributed by atoms with Gasteiger partial charge in [0.05, 0.1) is 11.8 Å². The number of urea groups is 1. The van der Waals surface area contributed by atoms with Crippen LogP contribution >= 0.6 is 0 Å². The molecule has 1 aliphatic carbocycles. The zero-order chi connectivity index (χ0) is 15.3. The summed E-state index contributed by atoms with van der Waals surface area (Å²) in [6.07, 6.45) is 6.81. The Balaban J connectivity index is 2.11. The molecule has 2 N–H and O–H groups in total. The molecule has 0 aromatic carbocycles. The third kappa shape index (κ3) is 3.59. The number of hydrogen-bond acceptors (Lipinski definition) is 7. The predicted octanol–water partition coefficient (Wildman–Crippen LogP) is -0.425. The maximum atomic E-state index is 12.1. The fourth-order valence-electron chi connectivity index (χ4n) is 1.53. The summed E-state index contributed by atoms with van der Waals surface area (Å²) in [4.78, 5) is 22.4. The Kier molecular flexibility index (Phi) is 4.21. The third-order valence-electron chi connectivity index (χ3n) is 2.41. The van der Waals surface area contributed by atoms with Crippen LogP contribution in [0.15, 0.2) is 42.1 Å². The molecule has 0 bridgehead atoms. The monoisotopic (exact) mass is 307 g/mol. The van der Waals surface area contributed by atoms with Crippen LogP contribution in [0.2, 0.25) is 0 Å². The maximum Gasteiger partial charge on any atom is 0.334 e. The Morgan fingerprint density at radius 2 is 2.14 bits per heavy atom. The molecule has 0 spiro atoms. The predicted molar refractivity (Wildman–Crippen MR) is 72.2 cm³/mol. The second-order valence-corrected chi connectivity index (χ2v) is 5.63. The second kappa shape index (κ2) is 6.07. The van der Waals surface area contributed by atoms with Gasteiger partial charge in [-0.3, -0.25) is 5.32 Å². The van der Waals surface area contributed by atoms with Crippen LogP contribution in [0, 0.1) is 0 Å². The summed E-state index contributed by atoms with van der Waals surface area (Å²) in [7, 11) is -4.13. The number of anilines is 1. The number of carbonyl (C=O) groups is 1. The molecule has 1 unspecified atom stereocenters. The van der Waals surface area contributed by atoms with Gasteiger partial charge in [0.1, 0.15) is 11.2 Å².